The number of aliphatic hydroxyl groups is 1. The lowest BCUT2D eigenvalue weighted by Gasteiger charge is -2.25. The Morgan fingerprint density at radius 2 is 1.58 bits per heavy atom. The van der Waals surface area contributed by atoms with Gasteiger partial charge in [-0.25, -0.2) is 4.39 Å². The first-order chi connectivity index (χ1) is 14.9. The molecule has 0 aliphatic carbocycles. The van der Waals surface area contributed by atoms with Gasteiger partial charge in [-0.05, 0) is 54.1 Å². The van der Waals surface area contributed by atoms with E-state index in [0.717, 1.165) is 4.47 Å². The minimum Gasteiger partial charge on any atom is -0.507 e. The van der Waals surface area contributed by atoms with Crippen molar-refractivity contribution in [3.63, 3.8) is 0 Å². The van der Waals surface area contributed by atoms with Crippen molar-refractivity contribution in [1.82, 2.24) is 0 Å². The number of amides is 1. The van der Waals surface area contributed by atoms with E-state index in [1.54, 1.807) is 36.4 Å². The largest absolute Gasteiger partial charge is 0.507 e. The Hall–Kier alpha value is -3.76. The zero-order valence-electron chi connectivity index (χ0n) is 15.9. The van der Waals surface area contributed by atoms with Crippen LogP contribution in [0.5, 0.6) is 0 Å². The van der Waals surface area contributed by atoms with Crippen molar-refractivity contribution >= 4 is 39.1 Å². The van der Waals surface area contributed by atoms with Crippen LogP contribution in [-0.2, 0) is 9.59 Å². The molecular formula is C24H14BrFN2O3. The molecule has 0 radical (unpaired) electrons. The molecule has 0 bridgehead atoms. The van der Waals surface area contributed by atoms with Gasteiger partial charge in [-0.1, -0.05) is 40.2 Å². The van der Waals surface area contributed by atoms with Gasteiger partial charge in [0.25, 0.3) is 11.7 Å². The third-order valence-corrected chi connectivity index (χ3v) is 5.55. The molecule has 31 heavy (non-hydrogen) atoms. The number of benzene rings is 3. The molecule has 1 atom stereocenters. The molecule has 1 fully saturated rings. The summed E-state index contributed by atoms with van der Waals surface area (Å²) < 4.78 is 14.3. The van der Waals surface area contributed by atoms with Crippen LogP contribution in [0.1, 0.15) is 22.7 Å². The van der Waals surface area contributed by atoms with Gasteiger partial charge >= 0.3 is 0 Å². The fraction of sp³-hybridized carbons (Fsp3) is 0.0417. The smallest absolute Gasteiger partial charge is 0.300 e. The molecule has 152 valence electrons. The lowest BCUT2D eigenvalue weighted by molar-refractivity contribution is -0.132. The maximum atomic E-state index is 13.5. The molecule has 0 saturated carbocycles. The lowest BCUT2D eigenvalue weighted by Crippen LogP contribution is -2.29. The number of carbonyl (C=O) groups excluding carboxylic acids is 2. The molecule has 4 rings (SSSR count). The molecular weight excluding hydrogens is 463 g/mol. The van der Waals surface area contributed by atoms with Crippen LogP contribution in [0.25, 0.3) is 5.76 Å². The SMILES string of the molecule is N#Cc1ccc(N2C(=O)C(=O)/C(=C(/O)c3ccc(Br)cc3)C2c2ccc(F)cc2)cc1. The molecule has 5 nitrogen and oxygen atoms in total. The van der Waals surface area contributed by atoms with Gasteiger partial charge in [0.05, 0.1) is 23.2 Å². The molecule has 7 heteroatoms. The zero-order chi connectivity index (χ0) is 22.1. The molecule has 1 heterocycles. The van der Waals surface area contributed by atoms with Crippen LogP contribution in [-0.4, -0.2) is 16.8 Å². The summed E-state index contributed by atoms with van der Waals surface area (Å²) in [6.45, 7) is 0. The summed E-state index contributed by atoms with van der Waals surface area (Å²) >= 11 is 3.32. The van der Waals surface area contributed by atoms with E-state index in [-0.39, 0.29) is 11.3 Å². The Morgan fingerprint density at radius 1 is 0.968 bits per heavy atom. The fourth-order valence-electron chi connectivity index (χ4n) is 3.52. The van der Waals surface area contributed by atoms with Crippen molar-refractivity contribution in [2.45, 2.75) is 6.04 Å². The van der Waals surface area contributed by atoms with E-state index in [9.17, 15) is 19.1 Å². The standard InChI is InChI=1S/C24H14BrFN2O3/c25-17-7-3-16(4-8-17)22(29)20-21(15-5-9-18(26)10-6-15)28(24(31)23(20)30)19-11-1-14(13-27)2-12-19/h1-12,21,29H/b22-20+. The molecule has 0 spiro atoms. The maximum absolute atomic E-state index is 13.5. The van der Waals surface area contributed by atoms with E-state index < -0.39 is 23.5 Å². The quantitative estimate of drug-likeness (QED) is 0.324. The van der Waals surface area contributed by atoms with Crippen LogP contribution in [0.2, 0.25) is 0 Å². The van der Waals surface area contributed by atoms with E-state index in [2.05, 4.69) is 15.9 Å². The molecule has 3 aromatic carbocycles. The summed E-state index contributed by atoms with van der Waals surface area (Å²) in [5.74, 6) is -2.46. The van der Waals surface area contributed by atoms with Crippen LogP contribution in [0.3, 0.4) is 0 Å². The molecule has 1 aliphatic rings. The molecule has 1 amide bonds. The van der Waals surface area contributed by atoms with Gasteiger partial charge in [-0.3, -0.25) is 14.5 Å². The number of ketones is 1. The van der Waals surface area contributed by atoms with Crippen LogP contribution in [0, 0.1) is 17.1 Å². The number of hydrogen-bond acceptors (Lipinski definition) is 4. The number of nitriles is 1. The lowest BCUT2D eigenvalue weighted by atomic mass is 9.95. The second kappa shape index (κ2) is 8.17. The Kier molecular flexibility index (Phi) is 5.40. The summed E-state index contributed by atoms with van der Waals surface area (Å²) in [5.41, 5.74) is 1.51. The van der Waals surface area contributed by atoms with E-state index >= 15 is 0 Å². The Labute approximate surface area is 185 Å². The zero-order valence-corrected chi connectivity index (χ0v) is 17.5. The Bertz CT molecular complexity index is 1240. The van der Waals surface area contributed by atoms with E-state index in [0.29, 0.717) is 22.4 Å². The van der Waals surface area contributed by atoms with Crippen molar-refractivity contribution in [3.8, 4) is 6.07 Å². The van der Waals surface area contributed by atoms with E-state index in [4.69, 9.17) is 5.26 Å². The third kappa shape index (κ3) is 3.74. The average Bonchev–Trinajstić information content (AvgIpc) is 3.05. The van der Waals surface area contributed by atoms with Gasteiger partial charge < -0.3 is 5.11 Å². The second-order valence-electron chi connectivity index (χ2n) is 6.89. The first-order valence-corrected chi connectivity index (χ1v) is 10.0. The number of carbonyl (C=O) groups is 2. The van der Waals surface area contributed by atoms with Gasteiger partial charge in [0.15, 0.2) is 0 Å². The van der Waals surface area contributed by atoms with Crippen molar-refractivity contribution in [1.29, 1.82) is 5.26 Å². The van der Waals surface area contributed by atoms with Crippen LogP contribution < -0.4 is 4.90 Å². The van der Waals surface area contributed by atoms with Gasteiger partial charge in [-0.15, -0.1) is 0 Å². The topological polar surface area (TPSA) is 81.4 Å². The van der Waals surface area contributed by atoms with E-state index in [1.165, 1.54) is 41.3 Å². The first kappa shape index (κ1) is 20.5. The molecule has 1 N–H and O–H groups in total. The molecule has 1 aliphatic heterocycles. The number of aliphatic hydroxyl groups excluding tert-OH is 1. The second-order valence-corrected chi connectivity index (χ2v) is 7.80. The number of hydrogen-bond donors (Lipinski definition) is 1. The van der Waals surface area contributed by atoms with Gasteiger partial charge in [0, 0.05) is 15.7 Å². The maximum Gasteiger partial charge on any atom is 0.300 e. The summed E-state index contributed by atoms with van der Waals surface area (Å²) in [7, 11) is 0. The number of anilines is 1. The van der Waals surface area contributed by atoms with Gasteiger partial charge in [0.1, 0.15) is 11.6 Å². The number of nitrogens with zero attached hydrogens (tertiary/aromatic N) is 2. The van der Waals surface area contributed by atoms with Crippen molar-refractivity contribution in [3.05, 3.63) is 105 Å². The summed E-state index contributed by atoms with van der Waals surface area (Å²) in [5, 5.41) is 20.0. The Morgan fingerprint density at radius 3 is 2.16 bits per heavy atom. The van der Waals surface area contributed by atoms with Crippen LogP contribution in [0.4, 0.5) is 10.1 Å². The number of Topliss-reactive ketones (excluding diaryl/α,β-unsaturated/α-hetero) is 1. The minimum absolute atomic E-state index is 0.0942. The highest BCUT2D eigenvalue weighted by Crippen LogP contribution is 2.42. The monoisotopic (exact) mass is 476 g/mol. The fourth-order valence-corrected chi connectivity index (χ4v) is 3.78. The molecule has 1 saturated heterocycles. The molecule has 3 aromatic rings. The minimum atomic E-state index is -0.961. The predicted molar refractivity (Wildman–Crippen MR) is 116 cm³/mol. The predicted octanol–water partition coefficient (Wildman–Crippen LogP) is 5.09. The highest BCUT2D eigenvalue weighted by atomic mass is 79.9. The van der Waals surface area contributed by atoms with Gasteiger partial charge in [0.2, 0.25) is 0 Å². The summed E-state index contributed by atoms with van der Waals surface area (Å²) in [4.78, 5) is 27.2. The number of rotatable bonds is 3. The van der Waals surface area contributed by atoms with Crippen LogP contribution in [0.15, 0.2) is 82.8 Å². The molecule has 1 unspecified atom stereocenters. The third-order valence-electron chi connectivity index (χ3n) is 5.02. The summed E-state index contributed by atoms with van der Waals surface area (Å²) in [6, 6.07) is 19.3. The van der Waals surface area contributed by atoms with Crippen LogP contribution >= 0.6 is 15.9 Å². The Balaban J connectivity index is 1.92. The van der Waals surface area contributed by atoms with Crippen molar-refractivity contribution < 1.29 is 19.1 Å². The highest BCUT2D eigenvalue weighted by Gasteiger charge is 2.46. The average molecular weight is 477 g/mol. The highest BCUT2D eigenvalue weighted by molar-refractivity contribution is 9.10. The number of halogens is 2. The summed E-state index contributed by atoms with van der Waals surface area (Å²) in [6.07, 6.45) is 0. The molecule has 0 aromatic heterocycles. The van der Waals surface area contributed by atoms with Crippen molar-refractivity contribution in [2.24, 2.45) is 0 Å². The van der Waals surface area contributed by atoms with E-state index in [1.807, 2.05) is 6.07 Å². The first-order valence-electron chi connectivity index (χ1n) is 9.23. The van der Waals surface area contributed by atoms with Crippen molar-refractivity contribution in [2.75, 3.05) is 4.90 Å². The normalized spacial score (nSPS) is 17.6. The van der Waals surface area contributed by atoms with Gasteiger partial charge in [-0.2, -0.15) is 5.26 Å².